The fourth-order valence-electron chi connectivity index (χ4n) is 3.47. The van der Waals surface area contributed by atoms with E-state index in [-0.39, 0.29) is 0 Å². The molecule has 2 atom stereocenters. The molecule has 0 amide bonds. The van der Waals surface area contributed by atoms with Crippen molar-refractivity contribution >= 4 is 15.9 Å². The first-order valence-corrected chi connectivity index (χ1v) is 8.78. The monoisotopic (exact) mass is 342 g/mol. The van der Waals surface area contributed by atoms with Crippen LogP contribution in [0.5, 0.6) is 0 Å². The summed E-state index contributed by atoms with van der Waals surface area (Å²) >= 11 is 3.69. The van der Waals surface area contributed by atoms with E-state index in [1.54, 1.807) is 0 Å². The van der Waals surface area contributed by atoms with Gasteiger partial charge in [-0.05, 0) is 48.0 Å². The van der Waals surface area contributed by atoms with Crippen LogP contribution in [0.15, 0.2) is 4.47 Å². The molecule has 0 bridgehead atoms. The maximum atomic E-state index is 11.0. The van der Waals surface area contributed by atoms with Crippen molar-refractivity contribution < 1.29 is 5.11 Å². The fraction of sp³-hybridized carbons (Fsp3) is 0.812. The summed E-state index contributed by atoms with van der Waals surface area (Å²) in [6.07, 6.45) is 7.11. The molecule has 2 rings (SSSR count). The van der Waals surface area contributed by atoms with Crippen molar-refractivity contribution in [2.75, 3.05) is 0 Å². The topological polar surface area (TPSA) is 38.0 Å². The number of aryl methyl sites for hydroxylation is 2. The maximum Gasteiger partial charge on any atom is 0.0766 e. The van der Waals surface area contributed by atoms with Crippen molar-refractivity contribution in [3.63, 3.8) is 0 Å². The number of nitrogens with zero attached hydrogens (tertiary/aromatic N) is 2. The van der Waals surface area contributed by atoms with E-state index in [0.717, 1.165) is 48.8 Å². The van der Waals surface area contributed by atoms with Crippen molar-refractivity contribution in [1.82, 2.24) is 9.78 Å². The molecule has 1 aliphatic carbocycles. The summed E-state index contributed by atoms with van der Waals surface area (Å²) in [6, 6.07) is 0. The molecule has 1 saturated carbocycles. The van der Waals surface area contributed by atoms with E-state index in [1.807, 2.05) is 0 Å². The fourth-order valence-corrected chi connectivity index (χ4v) is 4.17. The molecule has 0 aromatic carbocycles. The van der Waals surface area contributed by atoms with Crippen LogP contribution in [0.25, 0.3) is 0 Å². The molecule has 1 fully saturated rings. The van der Waals surface area contributed by atoms with E-state index in [0.29, 0.717) is 5.92 Å². The first-order valence-electron chi connectivity index (χ1n) is 7.99. The Morgan fingerprint density at radius 2 is 2.15 bits per heavy atom. The molecule has 0 saturated heterocycles. The Kier molecular flexibility index (Phi) is 5.30. The van der Waals surface area contributed by atoms with Gasteiger partial charge in [0.2, 0.25) is 0 Å². The van der Waals surface area contributed by atoms with E-state index in [4.69, 9.17) is 0 Å². The lowest BCUT2D eigenvalue weighted by molar-refractivity contribution is -0.0178. The number of halogens is 1. The smallest absolute Gasteiger partial charge is 0.0766 e. The van der Waals surface area contributed by atoms with Crippen LogP contribution in [0.4, 0.5) is 0 Å². The van der Waals surface area contributed by atoms with Crippen LogP contribution in [0, 0.1) is 5.92 Å². The molecule has 0 aliphatic heterocycles. The molecule has 0 spiro atoms. The molecule has 3 nitrogen and oxygen atoms in total. The Balaban J connectivity index is 2.22. The summed E-state index contributed by atoms with van der Waals surface area (Å²) in [5.74, 6) is 0.677. The van der Waals surface area contributed by atoms with Gasteiger partial charge < -0.3 is 5.11 Å². The van der Waals surface area contributed by atoms with Crippen LogP contribution in [0.2, 0.25) is 0 Å². The van der Waals surface area contributed by atoms with E-state index in [9.17, 15) is 5.11 Å². The van der Waals surface area contributed by atoms with Crippen molar-refractivity contribution in [3.05, 3.63) is 15.9 Å². The zero-order valence-corrected chi connectivity index (χ0v) is 14.5. The van der Waals surface area contributed by atoms with Gasteiger partial charge in [0.1, 0.15) is 0 Å². The summed E-state index contributed by atoms with van der Waals surface area (Å²) in [6.45, 7) is 7.33. The van der Waals surface area contributed by atoms with Crippen LogP contribution in [-0.2, 0) is 19.4 Å². The Bertz CT molecular complexity index is 458. The average Bonchev–Trinajstić information content (AvgIpc) is 2.74. The Hall–Kier alpha value is -0.350. The Morgan fingerprint density at radius 3 is 2.75 bits per heavy atom. The molecular formula is C16H27BrN2O. The molecule has 20 heavy (non-hydrogen) atoms. The third kappa shape index (κ3) is 3.28. The summed E-state index contributed by atoms with van der Waals surface area (Å²) in [5.41, 5.74) is 1.73. The van der Waals surface area contributed by atoms with Gasteiger partial charge in [0.05, 0.1) is 21.5 Å². The van der Waals surface area contributed by atoms with Gasteiger partial charge in [-0.2, -0.15) is 5.10 Å². The SMILES string of the molecule is CCc1nn(CC)c(CC2(O)CCCC(CC)C2)c1Br. The second kappa shape index (κ2) is 6.61. The lowest BCUT2D eigenvalue weighted by Crippen LogP contribution is -2.38. The molecule has 1 aromatic heterocycles. The molecular weight excluding hydrogens is 316 g/mol. The van der Waals surface area contributed by atoms with Crippen molar-refractivity contribution in [1.29, 1.82) is 0 Å². The number of rotatable bonds is 5. The third-order valence-electron chi connectivity index (χ3n) is 4.69. The second-order valence-electron chi connectivity index (χ2n) is 6.15. The zero-order valence-electron chi connectivity index (χ0n) is 13.0. The predicted molar refractivity (Wildman–Crippen MR) is 85.9 cm³/mol. The maximum absolute atomic E-state index is 11.0. The predicted octanol–water partition coefficient (Wildman–Crippen LogP) is 4.10. The van der Waals surface area contributed by atoms with Gasteiger partial charge in [-0.25, -0.2) is 0 Å². The van der Waals surface area contributed by atoms with Crippen LogP contribution in [0.3, 0.4) is 0 Å². The second-order valence-corrected chi connectivity index (χ2v) is 6.94. The summed E-state index contributed by atoms with van der Waals surface area (Å²) in [5, 5.41) is 15.6. The highest BCUT2D eigenvalue weighted by molar-refractivity contribution is 9.10. The zero-order chi connectivity index (χ0) is 14.8. The molecule has 1 heterocycles. The molecule has 0 radical (unpaired) electrons. The van der Waals surface area contributed by atoms with E-state index in [2.05, 4.69) is 46.5 Å². The minimum atomic E-state index is -0.542. The van der Waals surface area contributed by atoms with Gasteiger partial charge in [-0.3, -0.25) is 4.68 Å². The van der Waals surface area contributed by atoms with Crippen LogP contribution in [0.1, 0.15) is 64.3 Å². The molecule has 4 heteroatoms. The lowest BCUT2D eigenvalue weighted by atomic mass is 9.75. The summed E-state index contributed by atoms with van der Waals surface area (Å²) in [7, 11) is 0. The van der Waals surface area contributed by atoms with Gasteiger partial charge in [-0.1, -0.05) is 33.1 Å². The molecule has 1 N–H and O–H groups in total. The highest BCUT2D eigenvalue weighted by Crippen LogP contribution is 2.38. The van der Waals surface area contributed by atoms with Crippen LogP contribution >= 0.6 is 15.9 Å². The summed E-state index contributed by atoms with van der Waals surface area (Å²) in [4.78, 5) is 0. The highest BCUT2D eigenvalue weighted by atomic mass is 79.9. The van der Waals surface area contributed by atoms with Crippen molar-refractivity contribution in [3.8, 4) is 0 Å². The molecule has 1 aromatic rings. The van der Waals surface area contributed by atoms with E-state index >= 15 is 0 Å². The Labute approximate surface area is 130 Å². The largest absolute Gasteiger partial charge is 0.389 e. The number of hydrogen-bond acceptors (Lipinski definition) is 2. The third-order valence-corrected chi connectivity index (χ3v) is 5.61. The summed E-state index contributed by atoms with van der Waals surface area (Å²) < 4.78 is 3.16. The molecule has 114 valence electrons. The van der Waals surface area contributed by atoms with Crippen molar-refractivity contribution in [2.45, 2.75) is 77.9 Å². The van der Waals surface area contributed by atoms with Gasteiger partial charge in [0.25, 0.3) is 0 Å². The van der Waals surface area contributed by atoms with Crippen LogP contribution < -0.4 is 0 Å². The van der Waals surface area contributed by atoms with Gasteiger partial charge in [-0.15, -0.1) is 0 Å². The van der Waals surface area contributed by atoms with E-state index in [1.165, 1.54) is 18.5 Å². The average molecular weight is 343 g/mol. The number of hydrogen-bond donors (Lipinski definition) is 1. The minimum absolute atomic E-state index is 0.542. The van der Waals surface area contributed by atoms with Gasteiger partial charge in [0.15, 0.2) is 0 Å². The highest BCUT2D eigenvalue weighted by Gasteiger charge is 2.35. The molecule has 2 unspecified atom stereocenters. The quantitative estimate of drug-likeness (QED) is 0.874. The van der Waals surface area contributed by atoms with Gasteiger partial charge in [0, 0.05) is 13.0 Å². The Morgan fingerprint density at radius 1 is 1.40 bits per heavy atom. The molecule has 1 aliphatic rings. The lowest BCUT2D eigenvalue weighted by Gasteiger charge is -2.36. The first kappa shape index (κ1) is 16.0. The normalized spacial score (nSPS) is 26.9. The van der Waals surface area contributed by atoms with Crippen molar-refractivity contribution in [2.24, 2.45) is 5.92 Å². The first-order chi connectivity index (χ1) is 9.53. The minimum Gasteiger partial charge on any atom is -0.389 e. The van der Waals surface area contributed by atoms with E-state index < -0.39 is 5.60 Å². The number of aromatic nitrogens is 2. The van der Waals surface area contributed by atoms with Crippen LogP contribution in [-0.4, -0.2) is 20.5 Å². The standard InChI is InChI=1S/C16H27BrN2O/c1-4-12-8-7-9-16(20,10-12)11-14-15(17)13(5-2)18-19(14)6-3/h12,20H,4-11H2,1-3H3. The van der Waals surface area contributed by atoms with Gasteiger partial charge >= 0.3 is 0 Å². The number of aliphatic hydroxyl groups is 1.